The number of benzene rings is 1. The normalized spacial score (nSPS) is 12.3. The fourth-order valence-electron chi connectivity index (χ4n) is 1.42. The van der Waals surface area contributed by atoms with Crippen LogP contribution in [0.4, 0.5) is 0 Å². The van der Waals surface area contributed by atoms with E-state index >= 15 is 0 Å². The highest BCUT2D eigenvalue weighted by Gasteiger charge is 2.18. The maximum absolute atomic E-state index is 11.1. The Hall–Kier alpha value is -2.34. The average molecular weight is 265 g/mol. The Labute approximate surface area is 110 Å². The van der Waals surface area contributed by atoms with Gasteiger partial charge in [-0.1, -0.05) is 18.2 Å². The average Bonchev–Trinajstić information content (AvgIpc) is 2.39. The van der Waals surface area contributed by atoms with Gasteiger partial charge in [-0.15, -0.1) is 0 Å². The minimum atomic E-state index is -1.04. The van der Waals surface area contributed by atoms with Gasteiger partial charge < -0.3 is 14.9 Å². The van der Waals surface area contributed by atoms with Gasteiger partial charge in [0.2, 0.25) is 0 Å². The van der Waals surface area contributed by atoms with Crippen molar-refractivity contribution < 1.29 is 24.5 Å². The first kappa shape index (κ1) is 14.7. The Balaban J connectivity index is 2.64. The summed E-state index contributed by atoms with van der Waals surface area (Å²) in [7, 11) is 1.26. The molecule has 1 unspecified atom stereocenters. The predicted octanol–water partition coefficient (Wildman–Crippen LogP) is 0.837. The number of methoxy groups -OCH3 is 1. The summed E-state index contributed by atoms with van der Waals surface area (Å²) in [4.78, 5) is 21.9. The Bertz CT molecular complexity index is 466. The second kappa shape index (κ2) is 7.17. The number of carboxylic acid groups (broad SMARTS) is 1. The summed E-state index contributed by atoms with van der Waals surface area (Å²) >= 11 is 0. The lowest BCUT2D eigenvalue weighted by Gasteiger charge is -2.13. The first-order valence-electron chi connectivity index (χ1n) is 5.54. The third-order valence-electron chi connectivity index (χ3n) is 2.37. The molecule has 19 heavy (non-hydrogen) atoms. The molecule has 6 heteroatoms. The molecule has 0 amide bonds. The van der Waals surface area contributed by atoms with E-state index in [9.17, 15) is 9.59 Å². The number of phenols is 1. The molecule has 6 nitrogen and oxygen atoms in total. The molecule has 0 heterocycles. The number of carboxylic acids is 1. The van der Waals surface area contributed by atoms with E-state index in [0.29, 0.717) is 5.56 Å². The summed E-state index contributed by atoms with van der Waals surface area (Å²) < 4.78 is 4.40. The zero-order valence-electron chi connectivity index (χ0n) is 10.4. The molecule has 0 aliphatic heterocycles. The summed E-state index contributed by atoms with van der Waals surface area (Å²) in [6.45, 7) is 0.201. The lowest BCUT2D eigenvalue weighted by atomic mass is 10.1. The highest BCUT2D eigenvalue weighted by molar-refractivity contribution is 5.81. The molecule has 3 N–H and O–H groups in total. The van der Waals surface area contributed by atoms with Gasteiger partial charge in [-0.2, -0.15) is 0 Å². The van der Waals surface area contributed by atoms with E-state index in [1.54, 1.807) is 0 Å². The maximum Gasteiger partial charge on any atom is 0.330 e. The van der Waals surface area contributed by atoms with Crippen LogP contribution in [0.25, 0.3) is 0 Å². The van der Waals surface area contributed by atoms with Crippen molar-refractivity contribution >= 4 is 11.9 Å². The quantitative estimate of drug-likeness (QED) is 0.521. The van der Waals surface area contributed by atoms with Crippen LogP contribution >= 0.6 is 0 Å². The van der Waals surface area contributed by atoms with Crippen molar-refractivity contribution in [1.29, 1.82) is 0 Å². The molecule has 102 valence electrons. The lowest BCUT2D eigenvalue weighted by Crippen LogP contribution is -2.28. The molecule has 1 aromatic carbocycles. The van der Waals surface area contributed by atoms with E-state index in [0.717, 1.165) is 0 Å². The molecule has 1 aromatic rings. The zero-order valence-corrected chi connectivity index (χ0v) is 10.4. The van der Waals surface area contributed by atoms with Crippen molar-refractivity contribution in [1.82, 2.24) is 5.32 Å². The number of nitrogens with one attached hydrogen (secondary N) is 1. The minimum absolute atomic E-state index is 0.0680. The van der Waals surface area contributed by atoms with Crippen LogP contribution < -0.4 is 5.32 Å². The second-order valence-electron chi connectivity index (χ2n) is 3.70. The monoisotopic (exact) mass is 265 g/mol. The summed E-state index contributed by atoms with van der Waals surface area (Å²) in [6.07, 6.45) is 2.69. The van der Waals surface area contributed by atoms with E-state index in [1.165, 1.54) is 43.5 Å². The Morgan fingerprint density at radius 1 is 1.37 bits per heavy atom. The fraction of sp³-hybridized carbons (Fsp3) is 0.231. The van der Waals surface area contributed by atoms with Gasteiger partial charge >= 0.3 is 11.9 Å². The second-order valence-corrected chi connectivity index (χ2v) is 3.70. The Morgan fingerprint density at radius 2 is 2.00 bits per heavy atom. The molecule has 1 rings (SSSR count). The van der Waals surface area contributed by atoms with Gasteiger partial charge in [0.25, 0.3) is 0 Å². The van der Waals surface area contributed by atoms with E-state index < -0.39 is 18.0 Å². The number of phenolic OH excluding ortho intramolecular Hbond substituents is 1. The van der Waals surface area contributed by atoms with Crippen LogP contribution in [0.5, 0.6) is 5.75 Å². The van der Waals surface area contributed by atoms with Crippen molar-refractivity contribution in [3.8, 4) is 5.75 Å². The maximum atomic E-state index is 11.1. The molecule has 0 bridgehead atoms. The summed E-state index contributed by atoms with van der Waals surface area (Å²) in [5.74, 6) is -1.48. The van der Waals surface area contributed by atoms with E-state index in [1.807, 2.05) is 0 Å². The molecule has 0 saturated heterocycles. The van der Waals surface area contributed by atoms with Crippen LogP contribution in [0.15, 0.2) is 36.4 Å². The van der Waals surface area contributed by atoms with E-state index in [-0.39, 0.29) is 12.3 Å². The first-order valence-corrected chi connectivity index (χ1v) is 5.54. The van der Waals surface area contributed by atoms with Gasteiger partial charge in [-0.25, -0.2) is 4.79 Å². The van der Waals surface area contributed by atoms with Gasteiger partial charge in [-0.05, 0) is 17.7 Å². The molecule has 0 saturated carbocycles. The van der Waals surface area contributed by atoms with Crippen LogP contribution in [-0.4, -0.2) is 35.8 Å². The van der Waals surface area contributed by atoms with Gasteiger partial charge in [0.1, 0.15) is 11.8 Å². The number of aliphatic carboxylic acids is 1. The van der Waals surface area contributed by atoms with Gasteiger partial charge in [-0.3, -0.25) is 10.1 Å². The number of esters is 1. The van der Waals surface area contributed by atoms with Gasteiger partial charge in [0, 0.05) is 12.6 Å². The molecule has 0 fully saturated rings. The van der Waals surface area contributed by atoms with Crippen LogP contribution in [0.3, 0.4) is 0 Å². The number of carbonyl (C=O) groups excluding carboxylic acids is 1. The number of hydrogen-bond acceptors (Lipinski definition) is 5. The Kier molecular flexibility index (Phi) is 5.56. The highest BCUT2D eigenvalue weighted by atomic mass is 16.5. The largest absolute Gasteiger partial charge is 0.508 e. The van der Waals surface area contributed by atoms with Crippen molar-refractivity contribution in [3.05, 3.63) is 42.0 Å². The van der Waals surface area contributed by atoms with Crippen LogP contribution in [-0.2, 0) is 14.3 Å². The molecule has 1 atom stereocenters. The highest BCUT2D eigenvalue weighted by Crippen LogP contribution is 2.16. The van der Waals surface area contributed by atoms with Crippen LogP contribution in [0.2, 0.25) is 0 Å². The van der Waals surface area contributed by atoms with Crippen LogP contribution in [0.1, 0.15) is 11.6 Å². The molecule has 0 aromatic heterocycles. The number of carbonyl (C=O) groups is 2. The number of aromatic hydroxyl groups is 1. The fourth-order valence-corrected chi connectivity index (χ4v) is 1.42. The van der Waals surface area contributed by atoms with Gasteiger partial charge in [0.05, 0.1) is 7.11 Å². The number of rotatable bonds is 6. The van der Waals surface area contributed by atoms with E-state index in [4.69, 9.17) is 10.2 Å². The number of hydrogen-bond donors (Lipinski definition) is 3. The molecule has 0 spiro atoms. The molecular weight excluding hydrogens is 250 g/mol. The smallest absolute Gasteiger partial charge is 0.330 e. The minimum Gasteiger partial charge on any atom is -0.508 e. The van der Waals surface area contributed by atoms with Crippen molar-refractivity contribution in [2.75, 3.05) is 13.7 Å². The third kappa shape index (κ3) is 4.81. The summed E-state index contributed by atoms with van der Waals surface area (Å²) in [6, 6.07) is 4.95. The third-order valence-corrected chi connectivity index (χ3v) is 2.37. The SMILES string of the molecule is COC(=O)C=CCNC(C(=O)O)c1ccc(O)cc1. The molecule has 0 aliphatic rings. The molecule has 0 radical (unpaired) electrons. The van der Waals surface area contributed by atoms with E-state index in [2.05, 4.69) is 10.1 Å². The zero-order chi connectivity index (χ0) is 14.3. The van der Waals surface area contributed by atoms with Crippen molar-refractivity contribution in [2.45, 2.75) is 6.04 Å². The number of ether oxygens (including phenoxy) is 1. The summed E-state index contributed by atoms with van der Waals surface area (Å²) in [5.41, 5.74) is 0.511. The summed E-state index contributed by atoms with van der Waals surface area (Å²) in [5, 5.41) is 21.0. The predicted molar refractivity (Wildman–Crippen MR) is 67.6 cm³/mol. The van der Waals surface area contributed by atoms with Crippen molar-refractivity contribution in [2.24, 2.45) is 0 Å². The topological polar surface area (TPSA) is 95.9 Å². The van der Waals surface area contributed by atoms with Crippen molar-refractivity contribution in [3.63, 3.8) is 0 Å². The van der Waals surface area contributed by atoms with Crippen LogP contribution in [0, 0.1) is 0 Å². The molecular formula is C13H15NO5. The standard InChI is InChI=1S/C13H15NO5/c1-19-11(16)3-2-8-14-12(13(17)18)9-4-6-10(15)7-5-9/h2-7,12,14-15H,8H2,1H3,(H,17,18). The molecule has 0 aliphatic carbocycles. The lowest BCUT2D eigenvalue weighted by molar-refractivity contribution is -0.139. The van der Waals surface area contributed by atoms with Gasteiger partial charge in [0.15, 0.2) is 0 Å². The first-order chi connectivity index (χ1) is 9.04. The Morgan fingerprint density at radius 3 is 2.53 bits per heavy atom.